The number of benzene rings is 1. The van der Waals surface area contributed by atoms with E-state index in [1.807, 2.05) is 6.07 Å². The molecule has 0 aliphatic rings. The molecule has 2 heterocycles. The third kappa shape index (κ3) is 4.83. The van der Waals surface area contributed by atoms with Crippen LogP contribution in [0.15, 0.2) is 48.9 Å². The van der Waals surface area contributed by atoms with Gasteiger partial charge in [0.25, 0.3) is 0 Å². The average Bonchev–Trinajstić information content (AvgIpc) is 3.15. The normalized spacial score (nSPS) is 12.6. The summed E-state index contributed by atoms with van der Waals surface area (Å²) in [6.07, 6.45) is -6.00. The Labute approximate surface area is 165 Å². The fourth-order valence-corrected chi connectivity index (χ4v) is 2.55. The Morgan fingerprint density at radius 3 is 2.20 bits per heavy atom. The van der Waals surface area contributed by atoms with Gasteiger partial charge in [0.15, 0.2) is 5.82 Å². The first-order valence-electron chi connectivity index (χ1n) is 8.28. The number of pyridine rings is 1. The van der Waals surface area contributed by atoms with Crippen molar-refractivity contribution in [1.82, 2.24) is 19.7 Å². The Bertz CT molecular complexity index is 1070. The molecule has 0 amide bonds. The van der Waals surface area contributed by atoms with Gasteiger partial charge in [-0.25, -0.2) is 9.67 Å². The summed E-state index contributed by atoms with van der Waals surface area (Å²) in [6, 6.07) is 8.10. The minimum absolute atomic E-state index is 0.0342. The minimum Gasteiger partial charge on any atom is -0.257 e. The van der Waals surface area contributed by atoms with Crippen molar-refractivity contribution in [3.63, 3.8) is 0 Å². The van der Waals surface area contributed by atoms with Crippen molar-refractivity contribution in [2.45, 2.75) is 18.8 Å². The second-order valence-corrected chi connectivity index (χ2v) is 6.05. The Balaban J connectivity index is 2.04. The highest BCUT2D eigenvalue weighted by molar-refractivity contribution is 5.74. The molecule has 0 bridgehead atoms. The van der Waals surface area contributed by atoms with Gasteiger partial charge in [-0.1, -0.05) is 6.07 Å². The first kappa shape index (κ1) is 21.0. The Hall–Kier alpha value is -3.68. The molecular weight excluding hydrogens is 412 g/mol. The average molecular weight is 423 g/mol. The molecule has 0 spiro atoms. The quantitative estimate of drug-likeness (QED) is 0.535. The van der Waals surface area contributed by atoms with Gasteiger partial charge in [0, 0.05) is 23.5 Å². The predicted octanol–water partition coefficient (Wildman–Crippen LogP) is 5.29. The third-order valence-corrected chi connectivity index (χ3v) is 3.91. The van der Waals surface area contributed by atoms with Crippen molar-refractivity contribution in [2.24, 2.45) is 0 Å². The van der Waals surface area contributed by atoms with Gasteiger partial charge in [0.05, 0.1) is 29.3 Å². The lowest BCUT2D eigenvalue weighted by Gasteiger charge is -2.13. The van der Waals surface area contributed by atoms with Crippen LogP contribution in [0, 0.1) is 11.3 Å². The van der Waals surface area contributed by atoms with Crippen LogP contribution in [-0.4, -0.2) is 19.7 Å². The summed E-state index contributed by atoms with van der Waals surface area (Å²) in [5.41, 5.74) is -2.45. The van der Waals surface area contributed by atoms with E-state index in [1.54, 1.807) is 18.2 Å². The fourth-order valence-electron chi connectivity index (χ4n) is 2.55. The van der Waals surface area contributed by atoms with Gasteiger partial charge in [0.1, 0.15) is 6.33 Å². The summed E-state index contributed by atoms with van der Waals surface area (Å²) in [6.45, 7) is 0. The molecule has 0 atom stereocenters. The van der Waals surface area contributed by atoms with Crippen molar-refractivity contribution in [1.29, 1.82) is 5.26 Å². The minimum atomic E-state index is -4.97. The maximum Gasteiger partial charge on any atom is 0.416 e. The summed E-state index contributed by atoms with van der Waals surface area (Å²) in [4.78, 5) is 7.91. The van der Waals surface area contributed by atoms with Crippen LogP contribution in [0.5, 0.6) is 0 Å². The van der Waals surface area contributed by atoms with Gasteiger partial charge in [-0.3, -0.25) is 4.98 Å². The number of hydrogen-bond acceptors (Lipinski definition) is 4. The van der Waals surface area contributed by atoms with E-state index in [9.17, 15) is 26.3 Å². The van der Waals surface area contributed by atoms with Gasteiger partial charge < -0.3 is 0 Å². The monoisotopic (exact) mass is 423 g/mol. The molecule has 3 aromatic rings. The highest BCUT2D eigenvalue weighted by atomic mass is 19.4. The molecule has 0 fully saturated rings. The second kappa shape index (κ2) is 7.98. The standard InChI is InChI=1S/C19H11F6N5/c20-18(21,22)14-7-13(8-15(9-14)19(23,24)25)17-28-11-30(29-17)10-12(4-5-26)16-3-1-2-6-27-16/h1-3,6-11H,4H2/b12-10-. The van der Waals surface area contributed by atoms with E-state index in [2.05, 4.69) is 15.1 Å². The molecule has 11 heteroatoms. The summed E-state index contributed by atoms with van der Waals surface area (Å²) in [5.74, 6) is -0.333. The Morgan fingerprint density at radius 2 is 1.67 bits per heavy atom. The van der Waals surface area contributed by atoms with Crippen molar-refractivity contribution in [2.75, 3.05) is 0 Å². The molecule has 0 N–H and O–H groups in total. The molecule has 5 nitrogen and oxygen atoms in total. The summed E-state index contributed by atoms with van der Waals surface area (Å²) >= 11 is 0. The van der Waals surface area contributed by atoms with Crippen LogP contribution in [0.4, 0.5) is 26.3 Å². The van der Waals surface area contributed by atoms with Crippen LogP contribution >= 0.6 is 0 Å². The zero-order valence-corrected chi connectivity index (χ0v) is 14.9. The maximum atomic E-state index is 13.0. The molecule has 3 rings (SSSR count). The Morgan fingerprint density at radius 1 is 1.00 bits per heavy atom. The van der Waals surface area contributed by atoms with Gasteiger partial charge in [-0.05, 0) is 30.3 Å². The molecule has 0 saturated carbocycles. The van der Waals surface area contributed by atoms with E-state index in [1.165, 1.54) is 12.4 Å². The van der Waals surface area contributed by atoms with E-state index < -0.39 is 29.0 Å². The molecule has 154 valence electrons. The largest absolute Gasteiger partial charge is 0.416 e. The lowest BCUT2D eigenvalue weighted by Crippen LogP contribution is -2.11. The number of nitriles is 1. The number of aromatic nitrogens is 4. The van der Waals surface area contributed by atoms with Gasteiger partial charge >= 0.3 is 12.4 Å². The van der Waals surface area contributed by atoms with Gasteiger partial charge in [0.2, 0.25) is 0 Å². The third-order valence-electron chi connectivity index (χ3n) is 3.91. The van der Waals surface area contributed by atoms with Crippen molar-refractivity contribution < 1.29 is 26.3 Å². The molecule has 1 aromatic carbocycles. The number of nitrogens with zero attached hydrogens (tertiary/aromatic N) is 5. The van der Waals surface area contributed by atoms with E-state index in [0.29, 0.717) is 23.4 Å². The van der Waals surface area contributed by atoms with Crippen molar-refractivity contribution in [3.05, 3.63) is 65.7 Å². The van der Waals surface area contributed by atoms with Crippen LogP contribution in [0.2, 0.25) is 0 Å². The fraction of sp³-hybridized carbons (Fsp3) is 0.158. The van der Waals surface area contributed by atoms with Crippen LogP contribution in [0.3, 0.4) is 0 Å². The van der Waals surface area contributed by atoms with Gasteiger partial charge in [-0.2, -0.15) is 31.6 Å². The zero-order chi connectivity index (χ0) is 21.9. The van der Waals surface area contributed by atoms with Gasteiger partial charge in [-0.15, -0.1) is 5.10 Å². The number of allylic oxidation sites excluding steroid dienone is 1. The summed E-state index contributed by atoms with van der Waals surface area (Å²) in [5, 5.41) is 12.9. The molecule has 0 saturated heterocycles. The van der Waals surface area contributed by atoms with E-state index in [0.717, 1.165) is 11.0 Å². The Kier molecular flexibility index (Phi) is 5.60. The highest BCUT2D eigenvalue weighted by Gasteiger charge is 2.37. The molecule has 30 heavy (non-hydrogen) atoms. The lowest BCUT2D eigenvalue weighted by molar-refractivity contribution is -0.143. The van der Waals surface area contributed by atoms with E-state index >= 15 is 0 Å². The summed E-state index contributed by atoms with van der Waals surface area (Å²) in [7, 11) is 0. The molecule has 0 radical (unpaired) electrons. The smallest absolute Gasteiger partial charge is 0.257 e. The second-order valence-electron chi connectivity index (χ2n) is 6.05. The number of rotatable bonds is 4. The highest BCUT2D eigenvalue weighted by Crippen LogP contribution is 2.38. The molecule has 0 unspecified atom stereocenters. The van der Waals surface area contributed by atoms with Crippen LogP contribution in [-0.2, 0) is 12.4 Å². The van der Waals surface area contributed by atoms with Crippen LogP contribution in [0.25, 0.3) is 23.2 Å². The van der Waals surface area contributed by atoms with E-state index in [4.69, 9.17) is 5.26 Å². The van der Waals surface area contributed by atoms with Crippen LogP contribution in [0.1, 0.15) is 23.2 Å². The predicted molar refractivity (Wildman–Crippen MR) is 94.1 cm³/mol. The molecular formula is C19H11F6N5. The number of alkyl halides is 6. The zero-order valence-electron chi connectivity index (χ0n) is 14.9. The first-order chi connectivity index (χ1) is 14.1. The maximum absolute atomic E-state index is 13.0. The van der Waals surface area contributed by atoms with Crippen molar-refractivity contribution >= 4 is 11.8 Å². The molecule has 2 aromatic heterocycles. The first-order valence-corrected chi connectivity index (χ1v) is 8.28. The number of hydrogen-bond donors (Lipinski definition) is 0. The number of halogens is 6. The van der Waals surface area contributed by atoms with Crippen molar-refractivity contribution in [3.8, 4) is 17.5 Å². The molecule has 0 aliphatic heterocycles. The molecule has 0 aliphatic carbocycles. The SMILES string of the molecule is N#CC/C(=C/n1cnc(-c2cc(C(F)(F)F)cc(C(F)(F)F)c2)n1)c1ccccn1. The topological polar surface area (TPSA) is 67.4 Å². The van der Waals surface area contributed by atoms with E-state index in [-0.39, 0.29) is 18.3 Å². The summed E-state index contributed by atoms with van der Waals surface area (Å²) < 4.78 is 79.3. The van der Waals surface area contributed by atoms with Crippen LogP contribution < -0.4 is 0 Å². The lowest BCUT2D eigenvalue weighted by atomic mass is 10.0.